The molecule has 33 heavy (non-hydrogen) atoms. The monoisotopic (exact) mass is 455 g/mol. The van der Waals surface area contributed by atoms with Crippen LogP contribution in [0, 0.1) is 0 Å². The predicted octanol–water partition coefficient (Wildman–Crippen LogP) is 3.56. The molecule has 8 nitrogen and oxygen atoms in total. The maximum absolute atomic E-state index is 13.1. The van der Waals surface area contributed by atoms with E-state index in [1.807, 2.05) is 13.8 Å². The number of benzene rings is 2. The lowest BCUT2D eigenvalue weighted by atomic mass is 9.94. The van der Waals surface area contributed by atoms with E-state index in [9.17, 15) is 14.7 Å². The van der Waals surface area contributed by atoms with Gasteiger partial charge in [0, 0.05) is 24.8 Å². The molecule has 0 bridgehead atoms. The second kappa shape index (κ2) is 10.4. The van der Waals surface area contributed by atoms with Gasteiger partial charge in [-0.1, -0.05) is 0 Å². The van der Waals surface area contributed by atoms with Gasteiger partial charge in [-0.2, -0.15) is 0 Å². The van der Waals surface area contributed by atoms with Crippen molar-refractivity contribution in [3.63, 3.8) is 0 Å². The van der Waals surface area contributed by atoms with E-state index in [1.54, 1.807) is 42.5 Å². The summed E-state index contributed by atoms with van der Waals surface area (Å²) in [6, 6.07) is 10.9. The van der Waals surface area contributed by atoms with Gasteiger partial charge in [-0.15, -0.1) is 0 Å². The molecule has 176 valence electrons. The SMILES string of the molecule is COCCN1C(=O)C(=O)C(=C(O)c2ccc(OC(C)C)cc2)[C@@H]1c1cc(OC)ccc1OC. The van der Waals surface area contributed by atoms with Gasteiger partial charge in [-0.05, 0) is 56.3 Å². The lowest BCUT2D eigenvalue weighted by molar-refractivity contribution is -0.140. The van der Waals surface area contributed by atoms with Crippen LogP contribution in [-0.2, 0) is 14.3 Å². The van der Waals surface area contributed by atoms with Crippen molar-refractivity contribution in [2.24, 2.45) is 0 Å². The molecule has 8 heteroatoms. The Morgan fingerprint density at radius 1 is 1.00 bits per heavy atom. The fraction of sp³-hybridized carbons (Fsp3) is 0.360. The normalized spacial score (nSPS) is 17.5. The van der Waals surface area contributed by atoms with Gasteiger partial charge in [0.15, 0.2) is 0 Å². The van der Waals surface area contributed by atoms with Crippen molar-refractivity contribution in [3.05, 3.63) is 59.2 Å². The molecular formula is C25H29NO7. The van der Waals surface area contributed by atoms with Crippen molar-refractivity contribution in [1.29, 1.82) is 0 Å². The molecule has 0 aromatic heterocycles. The standard InChI is InChI=1S/C25H29NO7/c1-15(2)33-17-8-6-16(7-9-17)23(27)21-22(26(12-13-30-3)25(29)24(21)28)19-14-18(31-4)10-11-20(19)32-5/h6-11,14-15,22,27H,12-13H2,1-5H3/t22-/m0/s1. The molecule has 2 aromatic rings. The molecule has 0 unspecified atom stereocenters. The topological polar surface area (TPSA) is 94.5 Å². The molecule has 1 aliphatic rings. The molecule has 0 spiro atoms. The van der Waals surface area contributed by atoms with E-state index < -0.39 is 17.7 Å². The first-order valence-electron chi connectivity index (χ1n) is 10.6. The van der Waals surface area contributed by atoms with Crippen LogP contribution in [0.4, 0.5) is 0 Å². The number of hydrogen-bond acceptors (Lipinski definition) is 7. The van der Waals surface area contributed by atoms with Gasteiger partial charge in [0.25, 0.3) is 11.7 Å². The van der Waals surface area contributed by atoms with E-state index in [-0.39, 0.29) is 30.6 Å². The van der Waals surface area contributed by atoms with E-state index in [4.69, 9.17) is 18.9 Å². The minimum absolute atomic E-state index is 0.00363. The number of aliphatic hydroxyl groups excluding tert-OH is 1. The molecule has 0 saturated carbocycles. The van der Waals surface area contributed by atoms with Crippen molar-refractivity contribution in [1.82, 2.24) is 4.90 Å². The third kappa shape index (κ3) is 4.96. The molecule has 0 aliphatic carbocycles. The Hall–Kier alpha value is -3.52. The number of rotatable bonds is 9. The maximum atomic E-state index is 13.1. The summed E-state index contributed by atoms with van der Waals surface area (Å²) in [7, 11) is 4.53. The number of aliphatic hydroxyl groups is 1. The van der Waals surface area contributed by atoms with Crippen LogP contribution >= 0.6 is 0 Å². The molecular weight excluding hydrogens is 426 g/mol. The van der Waals surface area contributed by atoms with Gasteiger partial charge < -0.3 is 29.0 Å². The Bertz CT molecular complexity index is 1040. The van der Waals surface area contributed by atoms with E-state index in [0.29, 0.717) is 28.4 Å². The molecule has 1 heterocycles. The number of amides is 1. The summed E-state index contributed by atoms with van der Waals surface area (Å²) in [4.78, 5) is 27.4. The Morgan fingerprint density at radius 2 is 1.67 bits per heavy atom. The zero-order valence-corrected chi connectivity index (χ0v) is 19.5. The van der Waals surface area contributed by atoms with Crippen LogP contribution in [0.2, 0.25) is 0 Å². The quantitative estimate of drug-likeness (QED) is 0.351. The van der Waals surface area contributed by atoms with Crippen LogP contribution in [-0.4, -0.2) is 62.3 Å². The lowest BCUT2D eigenvalue weighted by Crippen LogP contribution is -2.32. The van der Waals surface area contributed by atoms with Gasteiger partial charge in [0.2, 0.25) is 0 Å². The summed E-state index contributed by atoms with van der Waals surface area (Å²) in [6.45, 7) is 4.20. The zero-order chi connectivity index (χ0) is 24.1. The zero-order valence-electron chi connectivity index (χ0n) is 19.5. The first-order valence-corrected chi connectivity index (χ1v) is 10.6. The summed E-state index contributed by atoms with van der Waals surface area (Å²) >= 11 is 0. The van der Waals surface area contributed by atoms with Gasteiger partial charge in [-0.3, -0.25) is 9.59 Å². The summed E-state index contributed by atoms with van der Waals surface area (Å²) in [5.41, 5.74) is 0.886. The highest BCUT2D eigenvalue weighted by atomic mass is 16.5. The number of methoxy groups -OCH3 is 3. The number of Topliss-reactive ketones (excluding diaryl/α,β-unsaturated/α-hetero) is 1. The Kier molecular flexibility index (Phi) is 7.60. The van der Waals surface area contributed by atoms with Crippen LogP contribution in [0.25, 0.3) is 5.76 Å². The molecule has 0 radical (unpaired) electrons. The smallest absolute Gasteiger partial charge is 0.295 e. The molecule has 1 aliphatic heterocycles. The van der Waals surface area contributed by atoms with Gasteiger partial charge in [-0.25, -0.2) is 0 Å². The number of hydrogen-bond donors (Lipinski definition) is 1. The van der Waals surface area contributed by atoms with Crippen LogP contribution < -0.4 is 14.2 Å². The number of nitrogens with zero attached hydrogens (tertiary/aromatic N) is 1. The molecule has 3 rings (SSSR count). The number of carbonyl (C=O) groups excluding carboxylic acids is 2. The van der Waals surface area contributed by atoms with Gasteiger partial charge in [0.05, 0.1) is 38.5 Å². The fourth-order valence-electron chi connectivity index (χ4n) is 3.80. The van der Waals surface area contributed by atoms with E-state index >= 15 is 0 Å². The lowest BCUT2D eigenvalue weighted by Gasteiger charge is -2.26. The average molecular weight is 456 g/mol. The first kappa shape index (κ1) is 24.1. The van der Waals surface area contributed by atoms with Gasteiger partial charge >= 0.3 is 0 Å². The summed E-state index contributed by atoms with van der Waals surface area (Å²) < 4.78 is 21.7. The minimum Gasteiger partial charge on any atom is -0.507 e. The number of carbonyl (C=O) groups is 2. The van der Waals surface area contributed by atoms with Crippen LogP contribution in [0.1, 0.15) is 31.0 Å². The van der Waals surface area contributed by atoms with E-state index in [2.05, 4.69) is 0 Å². The number of ether oxygens (including phenoxy) is 4. The van der Waals surface area contributed by atoms with Crippen molar-refractivity contribution in [2.45, 2.75) is 26.0 Å². The summed E-state index contributed by atoms with van der Waals surface area (Å²) in [5.74, 6) is -0.161. The highest BCUT2D eigenvalue weighted by Crippen LogP contribution is 2.43. The number of likely N-dealkylation sites (tertiary alicyclic amines) is 1. The molecule has 1 N–H and O–H groups in total. The molecule has 1 atom stereocenters. The average Bonchev–Trinajstić information content (AvgIpc) is 3.06. The number of ketones is 1. The Balaban J connectivity index is 2.17. The third-order valence-electron chi connectivity index (χ3n) is 5.31. The van der Waals surface area contributed by atoms with Gasteiger partial charge in [0.1, 0.15) is 23.0 Å². The highest BCUT2D eigenvalue weighted by Gasteiger charge is 2.47. The van der Waals surface area contributed by atoms with Crippen molar-refractivity contribution < 1.29 is 33.6 Å². The second-order valence-electron chi connectivity index (χ2n) is 7.78. The summed E-state index contributed by atoms with van der Waals surface area (Å²) in [6.07, 6.45) is -0.00363. The van der Waals surface area contributed by atoms with Crippen LogP contribution in [0.15, 0.2) is 48.0 Å². The Morgan fingerprint density at radius 3 is 2.24 bits per heavy atom. The van der Waals surface area contributed by atoms with Crippen LogP contribution in [0.5, 0.6) is 17.2 Å². The van der Waals surface area contributed by atoms with Crippen molar-refractivity contribution in [2.75, 3.05) is 34.5 Å². The molecule has 1 fully saturated rings. The maximum Gasteiger partial charge on any atom is 0.295 e. The molecule has 1 saturated heterocycles. The first-order chi connectivity index (χ1) is 15.8. The van der Waals surface area contributed by atoms with Crippen molar-refractivity contribution in [3.8, 4) is 17.2 Å². The van der Waals surface area contributed by atoms with E-state index in [1.165, 1.54) is 26.2 Å². The Labute approximate surface area is 193 Å². The minimum atomic E-state index is -0.878. The predicted molar refractivity (Wildman–Crippen MR) is 123 cm³/mol. The second-order valence-corrected chi connectivity index (χ2v) is 7.78. The van der Waals surface area contributed by atoms with Crippen LogP contribution in [0.3, 0.4) is 0 Å². The molecule has 2 aromatic carbocycles. The largest absolute Gasteiger partial charge is 0.507 e. The van der Waals surface area contributed by atoms with E-state index in [0.717, 1.165) is 0 Å². The summed E-state index contributed by atoms with van der Waals surface area (Å²) in [5, 5.41) is 11.2. The fourth-order valence-corrected chi connectivity index (χ4v) is 3.80. The third-order valence-corrected chi connectivity index (χ3v) is 5.31. The molecule has 1 amide bonds. The van der Waals surface area contributed by atoms with Crippen molar-refractivity contribution >= 4 is 17.4 Å². The highest BCUT2D eigenvalue weighted by molar-refractivity contribution is 6.46.